The molecule has 1 aliphatic rings. The lowest BCUT2D eigenvalue weighted by Gasteiger charge is -2.15. The molecule has 0 unspecified atom stereocenters. The first-order valence-corrected chi connectivity index (χ1v) is 7.52. The Hall–Kier alpha value is -0.920. The highest BCUT2D eigenvalue weighted by Crippen LogP contribution is 2.45. The van der Waals surface area contributed by atoms with Crippen molar-refractivity contribution in [2.75, 3.05) is 39.1 Å². The monoisotopic (exact) mass is 344 g/mol. The maximum Gasteiger partial charge on any atom is 0.283 e. The van der Waals surface area contributed by atoms with Gasteiger partial charge in [0.25, 0.3) is 5.56 Å². The van der Waals surface area contributed by atoms with Crippen LogP contribution < -0.4 is 10.9 Å². The third kappa shape index (κ3) is 3.59. The topological polar surface area (TPSA) is 70.4 Å². The highest BCUT2D eigenvalue weighted by atomic mass is 79.9. The van der Waals surface area contributed by atoms with E-state index in [0.29, 0.717) is 23.2 Å². The van der Waals surface area contributed by atoms with Crippen LogP contribution in [0.25, 0.3) is 0 Å². The van der Waals surface area contributed by atoms with Crippen LogP contribution in [0.3, 0.4) is 0 Å². The van der Waals surface area contributed by atoms with Gasteiger partial charge in [-0.25, -0.2) is 4.68 Å². The lowest BCUT2D eigenvalue weighted by molar-refractivity contribution is 0.219. The summed E-state index contributed by atoms with van der Waals surface area (Å²) in [5.41, 5.74) is 0.556. The van der Waals surface area contributed by atoms with Gasteiger partial charge in [0.05, 0.1) is 25.0 Å². The Balaban J connectivity index is 2.04. The molecule has 0 amide bonds. The van der Waals surface area contributed by atoms with Crippen LogP contribution in [0.1, 0.15) is 12.8 Å². The number of aromatic nitrogens is 2. The molecule has 1 aliphatic carbocycles. The lowest BCUT2D eigenvalue weighted by Crippen LogP contribution is -2.30. The molecule has 0 radical (unpaired) electrons. The minimum Gasteiger partial charge on any atom is -0.396 e. The van der Waals surface area contributed by atoms with Gasteiger partial charge in [-0.3, -0.25) is 4.79 Å². The summed E-state index contributed by atoms with van der Waals surface area (Å²) in [4.78, 5) is 14.2. The van der Waals surface area contributed by atoms with Crippen molar-refractivity contribution >= 4 is 21.6 Å². The fraction of sp³-hybridized carbons (Fsp3) is 0.692. The number of hydrogen-bond acceptors (Lipinski definition) is 5. The molecule has 0 aromatic carbocycles. The van der Waals surface area contributed by atoms with Crippen LogP contribution in [0, 0.1) is 5.41 Å². The minimum atomic E-state index is -0.134. The van der Waals surface area contributed by atoms with Crippen LogP contribution in [0.15, 0.2) is 15.5 Å². The zero-order valence-corrected chi connectivity index (χ0v) is 13.5. The second kappa shape index (κ2) is 6.24. The summed E-state index contributed by atoms with van der Waals surface area (Å²) >= 11 is 3.34. The second-order valence-electron chi connectivity index (χ2n) is 5.72. The van der Waals surface area contributed by atoms with Gasteiger partial charge in [-0.15, -0.1) is 0 Å². The summed E-state index contributed by atoms with van der Waals surface area (Å²) in [5.74, 6) is 0. The molecule has 2 rings (SSSR count). The summed E-state index contributed by atoms with van der Waals surface area (Å²) in [6, 6.07) is 0. The molecule has 20 heavy (non-hydrogen) atoms. The van der Waals surface area contributed by atoms with Gasteiger partial charge in [-0.1, -0.05) is 0 Å². The van der Waals surface area contributed by atoms with Gasteiger partial charge < -0.3 is 15.3 Å². The molecule has 0 bridgehead atoms. The van der Waals surface area contributed by atoms with Crippen molar-refractivity contribution in [2.24, 2.45) is 5.41 Å². The van der Waals surface area contributed by atoms with E-state index in [-0.39, 0.29) is 17.6 Å². The first kappa shape index (κ1) is 15.5. The molecule has 2 N–H and O–H groups in total. The zero-order valence-electron chi connectivity index (χ0n) is 11.9. The lowest BCUT2D eigenvalue weighted by atomic mass is 10.1. The van der Waals surface area contributed by atoms with Gasteiger partial charge in [0.2, 0.25) is 0 Å². The van der Waals surface area contributed by atoms with E-state index < -0.39 is 0 Å². The van der Waals surface area contributed by atoms with Gasteiger partial charge >= 0.3 is 0 Å². The normalized spacial score (nSPS) is 16.4. The maximum absolute atomic E-state index is 12.2. The molecule has 1 heterocycles. The number of rotatable bonds is 7. The number of aliphatic hydroxyl groups excluding tert-OH is 1. The van der Waals surface area contributed by atoms with Crippen molar-refractivity contribution in [2.45, 2.75) is 19.4 Å². The van der Waals surface area contributed by atoms with Crippen molar-refractivity contribution < 1.29 is 5.11 Å². The van der Waals surface area contributed by atoms with E-state index in [1.807, 2.05) is 19.0 Å². The Morgan fingerprint density at radius 1 is 1.55 bits per heavy atom. The highest BCUT2D eigenvalue weighted by Gasteiger charge is 2.41. The predicted molar refractivity (Wildman–Crippen MR) is 82.0 cm³/mol. The van der Waals surface area contributed by atoms with Crippen molar-refractivity contribution in [3.05, 3.63) is 21.0 Å². The Morgan fingerprint density at radius 3 is 2.80 bits per heavy atom. The van der Waals surface area contributed by atoms with Crippen LogP contribution >= 0.6 is 15.9 Å². The standard InChI is InChI=1S/C13H21BrN4O2/c1-17(2)5-6-18-12(20)11(14)10(7-16-18)15-8-13(9-19)3-4-13/h7,15,19H,3-6,8-9H2,1-2H3. The molecule has 0 atom stereocenters. The second-order valence-corrected chi connectivity index (χ2v) is 6.51. The summed E-state index contributed by atoms with van der Waals surface area (Å²) in [5, 5.41) is 16.7. The van der Waals surface area contributed by atoms with Crippen LogP contribution in [0.5, 0.6) is 0 Å². The zero-order chi connectivity index (χ0) is 14.8. The number of aliphatic hydroxyl groups is 1. The average Bonchev–Trinajstić information content (AvgIpc) is 3.20. The number of anilines is 1. The predicted octanol–water partition coefficient (Wildman–Crippen LogP) is 0.752. The average molecular weight is 345 g/mol. The first-order valence-electron chi connectivity index (χ1n) is 6.72. The van der Waals surface area contributed by atoms with Gasteiger partial charge in [0, 0.05) is 18.5 Å². The summed E-state index contributed by atoms with van der Waals surface area (Å²) < 4.78 is 1.95. The fourth-order valence-corrected chi connectivity index (χ4v) is 2.34. The fourth-order valence-electron chi connectivity index (χ4n) is 1.89. The molecule has 6 nitrogen and oxygen atoms in total. The molecule has 1 saturated carbocycles. The maximum atomic E-state index is 12.2. The van der Waals surface area contributed by atoms with Crippen molar-refractivity contribution in [3.63, 3.8) is 0 Å². The smallest absolute Gasteiger partial charge is 0.283 e. The van der Waals surface area contributed by atoms with E-state index in [9.17, 15) is 9.90 Å². The first-order chi connectivity index (χ1) is 9.47. The van der Waals surface area contributed by atoms with E-state index >= 15 is 0 Å². The third-order valence-corrected chi connectivity index (χ3v) is 4.46. The number of nitrogens with one attached hydrogen (secondary N) is 1. The van der Waals surface area contributed by atoms with E-state index in [4.69, 9.17) is 0 Å². The quantitative estimate of drug-likeness (QED) is 0.763. The largest absolute Gasteiger partial charge is 0.396 e. The molecule has 1 aromatic rings. The number of hydrogen-bond donors (Lipinski definition) is 2. The Morgan fingerprint density at radius 2 is 2.25 bits per heavy atom. The third-order valence-electron chi connectivity index (χ3n) is 3.69. The van der Waals surface area contributed by atoms with Crippen LogP contribution in [0.4, 0.5) is 5.69 Å². The summed E-state index contributed by atoms with van der Waals surface area (Å²) in [7, 11) is 3.92. The summed E-state index contributed by atoms with van der Waals surface area (Å²) in [6.45, 7) is 2.18. The molecule has 1 fully saturated rings. The SMILES string of the molecule is CN(C)CCn1ncc(NCC2(CO)CC2)c(Br)c1=O. The van der Waals surface area contributed by atoms with E-state index in [1.165, 1.54) is 4.68 Å². The Kier molecular flexibility index (Phi) is 4.82. The molecule has 112 valence electrons. The molecule has 0 saturated heterocycles. The molecule has 0 aliphatic heterocycles. The molecular weight excluding hydrogens is 324 g/mol. The number of halogens is 1. The Bertz CT molecular complexity index is 526. The van der Waals surface area contributed by atoms with Crippen LogP contribution in [-0.2, 0) is 6.54 Å². The van der Waals surface area contributed by atoms with Gasteiger partial charge in [0.1, 0.15) is 4.47 Å². The number of likely N-dealkylation sites (N-methyl/N-ethyl adjacent to an activating group) is 1. The minimum absolute atomic E-state index is 0.000769. The van der Waals surface area contributed by atoms with Crippen molar-refractivity contribution in [1.29, 1.82) is 0 Å². The van der Waals surface area contributed by atoms with Crippen LogP contribution in [-0.4, -0.2) is 53.6 Å². The van der Waals surface area contributed by atoms with Gasteiger partial charge in [0.15, 0.2) is 0 Å². The molecule has 7 heteroatoms. The summed E-state index contributed by atoms with van der Waals surface area (Å²) in [6.07, 6.45) is 3.72. The highest BCUT2D eigenvalue weighted by molar-refractivity contribution is 9.10. The van der Waals surface area contributed by atoms with E-state index in [0.717, 1.165) is 19.4 Å². The van der Waals surface area contributed by atoms with Gasteiger partial charge in [-0.2, -0.15) is 5.10 Å². The number of nitrogens with zero attached hydrogens (tertiary/aromatic N) is 3. The van der Waals surface area contributed by atoms with Crippen LogP contribution in [0.2, 0.25) is 0 Å². The van der Waals surface area contributed by atoms with Crippen molar-refractivity contribution in [3.8, 4) is 0 Å². The van der Waals surface area contributed by atoms with Gasteiger partial charge in [-0.05, 0) is 42.9 Å². The molecule has 0 spiro atoms. The molecule has 1 aromatic heterocycles. The Labute approximate surface area is 126 Å². The van der Waals surface area contributed by atoms with E-state index in [2.05, 4.69) is 26.3 Å². The van der Waals surface area contributed by atoms with Crippen molar-refractivity contribution in [1.82, 2.24) is 14.7 Å². The molecular formula is C13H21BrN4O2. The van der Waals surface area contributed by atoms with E-state index in [1.54, 1.807) is 6.20 Å².